The summed E-state index contributed by atoms with van der Waals surface area (Å²) in [5.74, 6) is -1.98. The summed E-state index contributed by atoms with van der Waals surface area (Å²) in [6.45, 7) is 0. The molecule has 1 aliphatic rings. The van der Waals surface area contributed by atoms with E-state index >= 15 is 0 Å². The number of ketones is 2. The standard InChI is InChI=1S/C14H10N2O4/c15-6-3-4-8(17)11-10(6)14(20)9-5(12(11)18)1-2-7(16)13(9)19/h1-4,17,19H,15-16H2. The second-order valence-electron chi connectivity index (χ2n) is 4.51. The van der Waals surface area contributed by atoms with Crippen molar-refractivity contribution in [1.82, 2.24) is 0 Å². The van der Waals surface area contributed by atoms with Crippen LogP contribution in [0.4, 0.5) is 11.4 Å². The maximum Gasteiger partial charge on any atom is 0.200 e. The molecule has 1 aliphatic carbocycles. The summed E-state index contributed by atoms with van der Waals surface area (Å²) in [4.78, 5) is 24.8. The van der Waals surface area contributed by atoms with Crippen molar-refractivity contribution < 1.29 is 19.8 Å². The quantitative estimate of drug-likeness (QED) is 0.274. The number of carbonyl (C=O) groups is 2. The molecule has 0 bridgehead atoms. The van der Waals surface area contributed by atoms with Crippen LogP contribution in [0.25, 0.3) is 0 Å². The summed E-state index contributed by atoms with van der Waals surface area (Å²) >= 11 is 0. The van der Waals surface area contributed by atoms with E-state index in [1.807, 2.05) is 0 Å². The Kier molecular flexibility index (Phi) is 2.25. The lowest BCUT2D eigenvalue weighted by molar-refractivity contribution is 0.0975. The van der Waals surface area contributed by atoms with Crippen LogP contribution in [0.5, 0.6) is 11.5 Å². The molecule has 0 amide bonds. The first-order valence-corrected chi connectivity index (χ1v) is 5.75. The van der Waals surface area contributed by atoms with Crippen LogP contribution < -0.4 is 11.5 Å². The minimum atomic E-state index is -0.632. The monoisotopic (exact) mass is 270 g/mol. The summed E-state index contributed by atoms with van der Waals surface area (Å²) < 4.78 is 0. The maximum atomic E-state index is 12.4. The molecule has 0 saturated heterocycles. The summed E-state index contributed by atoms with van der Waals surface area (Å²) in [5, 5.41) is 19.7. The summed E-state index contributed by atoms with van der Waals surface area (Å²) in [6, 6.07) is 5.25. The van der Waals surface area contributed by atoms with Crippen LogP contribution in [0.2, 0.25) is 0 Å². The van der Waals surface area contributed by atoms with Gasteiger partial charge in [0.25, 0.3) is 0 Å². The van der Waals surface area contributed by atoms with Crippen LogP contribution in [0.3, 0.4) is 0 Å². The number of phenols is 2. The zero-order valence-corrected chi connectivity index (χ0v) is 10.2. The summed E-state index contributed by atoms with van der Waals surface area (Å²) in [6.07, 6.45) is 0. The van der Waals surface area contributed by atoms with Gasteiger partial charge >= 0.3 is 0 Å². The summed E-state index contributed by atoms with van der Waals surface area (Å²) in [5.41, 5.74) is 10.9. The molecule has 2 aromatic rings. The van der Waals surface area contributed by atoms with Crippen molar-refractivity contribution in [1.29, 1.82) is 0 Å². The first kappa shape index (κ1) is 12.0. The Hall–Kier alpha value is -3.02. The average molecular weight is 270 g/mol. The minimum absolute atomic E-state index is 0.00454. The van der Waals surface area contributed by atoms with Crippen molar-refractivity contribution in [3.8, 4) is 11.5 Å². The van der Waals surface area contributed by atoms with Gasteiger partial charge in [0.05, 0.1) is 22.4 Å². The number of hydrogen-bond acceptors (Lipinski definition) is 6. The molecule has 2 aromatic carbocycles. The third kappa shape index (κ3) is 1.33. The van der Waals surface area contributed by atoms with Crippen molar-refractivity contribution in [3.63, 3.8) is 0 Å². The van der Waals surface area contributed by atoms with Crippen molar-refractivity contribution >= 4 is 22.9 Å². The van der Waals surface area contributed by atoms with Crippen molar-refractivity contribution in [2.24, 2.45) is 0 Å². The average Bonchev–Trinajstić information content (AvgIpc) is 2.41. The van der Waals surface area contributed by atoms with E-state index in [1.165, 1.54) is 24.3 Å². The molecule has 100 valence electrons. The molecule has 0 aromatic heterocycles. The normalized spacial score (nSPS) is 13.0. The first-order chi connectivity index (χ1) is 9.43. The number of hydrogen-bond donors (Lipinski definition) is 4. The fourth-order valence-electron chi connectivity index (χ4n) is 2.37. The van der Waals surface area contributed by atoms with E-state index in [-0.39, 0.29) is 39.4 Å². The first-order valence-electron chi connectivity index (χ1n) is 5.75. The highest BCUT2D eigenvalue weighted by molar-refractivity contribution is 6.32. The van der Waals surface area contributed by atoms with Gasteiger partial charge in [-0.2, -0.15) is 0 Å². The molecular weight excluding hydrogens is 260 g/mol. The highest BCUT2D eigenvalue weighted by Gasteiger charge is 2.36. The number of nitrogens with two attached hydrogens (primary N) is 2. The van der Waals surface area contributed by atoms with Crippen molar-refractivity contribution in [2.75, 3.05) is 11.5 Å². The van der Waals surface area contributed by atoms with E-state index < -0.39 is 17.3 Å². The number of nitrogen functional groups attached to an aromatic ring is 2. The molecule has 0 spiro atoms. The summed E-state index contributed by atoms with van der Waals surface area (Å²) in [7, 11) is 0. The Bertz CT molecular complexity index is 792. The van der Waals surface area contributed by atoms with Gasteiger partial charge < -0.3 is 21.7 Å². The molecule has 20 heavy (non-hydrogen) atoms. The Morgan fingerprint density at radius 2 is 1.40 bits per heavy atom. The zero-order valence-electron chi connectivity index (χ0n) is 10.2. The van der Waals surface area contributed by atoms with Gasteiger partial charge in [-0.25, -0.2) is 0 Å². The number of benzene rings is 2. The van der Waals surface area contributed by atoms with Gasteiger partial charge in [-0.05, 0) is 24.3 Å². The highest BCUT2D eigenvalue weighted by atomic mass is 16.3. The molecule has 0 unspecified atom stereocenters. The molecule has 0 aliphatic heterocycles. The number of fused-ring (bicyclic) bond motifs is 2. The maximum absolute atomic E-state index is 12.4. The molecular formula is C14H10N2O4. The zero-order chi connectivity index (χ0) is 14.6. The number of carbonyl (C=O) groups excluding carboxylic acids is 2. The molecule has 6 nitrogen and oxygen atoms in total. The van der Waals surface area contributed by atoms with Crippen LogP contribution in [0.1, 0.15) is 31.8 Å². The largest absolute Gasteiger partial charge is 0.507 e. The van der Waals surface area contributed by atoms with Crippen LogP contribution in [-0.4, -0.2) is 21.8 Å². The van der Waals surface area contributed by atoms with E-state index in [4.69, 9.17) is 11.5 Å². The van der Waals surface area contributed by atoms with E-state index in [1.54, 1.807) is 0 Å². The number of rotatable bonds is 0. The van der Waals surface area contributed by atoms with Gasteiger partial charge in [0.1, 0.15) is 11.5 Å². The topological polar surface area (TPSA) is 127 Å². The van der Waals surface area contributed by atoms with E-state index in [2.05, 4.69) is 0 Å². The number of aromatic hydroxyl groups is 2. The van der Waals surface area contributed by atoms with Gasteiger partial charge in [-0.15, -0.1) is 0 Å². The third-order valence-electron chi connectivity index (χ3n) is 3.35. The second kappa shape index (κ2) is 3.74. The Labute approximate surface area is 113 Å². The molecule has 0 saturated carbocycles. The van der Waals surface area contributed by atoms with Gasteiger partial charge in [-0.3, -0.25) is 9.59 Å². The fraction of sp³-hybridized carbons (Fsp3) is 0. The Balaban J connectivity index is 2.43. The van der Waals surface area contributed by atoms with Crippen LogP contribution in [0, 0.1) is 0 Å². The van der Waals surface area contributed by atoms with Crippen molar-refractivity contribution in [3.05, 3.63) is 46.5 Å². The molecule has 6 heteroatoms. The number of anilines is 2. The minimum Gasteiger partial charge on any atom is -0.507 e. The Morgan fingerprint density at radius 3 is 2.10 bits per heavy atom. The van der Waals surface area contributed by atoms with Crippen LogP contribution in [0.15, 0.2) is 24.3 Å². The molecule has 3 rings (SSSR count). The number of phenolic OH excluding ortho intramolecular Hbond substituents is 2. The Morgan fingerprint density at radius 1 is 0.750 bits per heavy atom. The van der Waals surface area contributed by atoms with Crippen LogP contribution >= 0.6 is 0 Å². The fourth-order valence-corrected chi connectivity index (χ4v) is 2.37. The van der Waals surface area contributed by atoms with Crippen LogP contribution in [-0.2, 0) is 0 Å². The molecule has 0 heterocycles. The van der Waals surface area contributed by atoms with Gasteiger partial charge in [0, 0.05) is 11.3 Å². The smallest absolute Gasteiger partial charge is 0.200 e. The molecule has 6 N–H and O–H groups in total. The lowest BCUT2D eigenvalue weighted by Gasteiger charge is -2.21. The second-order valence-corrected chi connectivity index (χ2v) is 4.51. The predicted molar refractivity (Wildman–Crippen MR) is 71.9 cm³/mol. The van der Waals surface area contributed by atoms with Crippen molar-refractivity contribution in [2.45, 2.75) is 0 Å². The lowest BCUT2D eigenvalue weighted by Crippen LogP contribution is -2.23. The lowest BCUT2D eigenvalue weighted by atomic mass is 9.82. The molecule has 0 radical (unpaired) electrons. The van der Waals surface area contributed by atoms with Gasteiger partial charge in [-0.1, -0.05) is 0 Å². The molecule has 0 fully saturated rings. The van der Waals surface area contributed by atoms with E-state index in [0.717, 1.165) is 0 Å². The van der Waals surface area contributed by atoms with E-state index in [0.29, 0.717) is 0 Å². The van der Waals surface area contributed by atoms with E-state index in [9.17, 15) is 19.8 Å². The highest BCUT2D eigenvalue weighted by Crippen LogP contribution is 2.40. The van der Waals surface area contributed by atoms with Gasteiger partial charge in [0.2, 0.25) is 5.78 Å². The SMILES string of the molecule is Nc1ccc2c(c1O)C(=O)c1c(N)ccc(O)c1C2=O. The predicted octanol–water partition coefficient (Wildman–Crippen LogP) is 1.04. The third-order valence-corrected chi connectivity index (χ3v) is 3.35. The molecule has 0 atom stereocenters. The van der Waals surface area contributed by atoms with Gasteiger partial charge in [0.15, 0.2) is 5.78 Å².